The highest BCUT2D eigenvalue weighted by Gasteiger charge is 2.07. The molecule has 0 aliphatic heterocycles. The number of carbonyl (C=O) groups excluding carboxylic acids is 2. The third-order valence-electron chi connectivity index (χ3n) is 2.56. The van der Waals surface area contributed by atoms with Crippen molar-refractivity contribution < 1.29 is 14.3 Å². The summed E-state index contributed by atoms with van der Waals surface area (Å²) < 4.78 is 4.48. The molecular weight excluding hydrogens is 294 g/mol. The zero-order valence-electron chi connectivity index (χ0n) is 11.1. The molecule has 0 unspecified atom stereocenters. The number of pyridine rings is 1. The quantitative estimate of drug-likeness (QED) is 0.854. The number of carbonyl (C=O) groups is 2. The van der Waals surface area contributed by atoms with Gasteiger partial charge in [-0.2, -0.15) is 0 Å². The Kier molecular flexibility index (Phi) is 4.73. The van der Waals surface area contributed by atoms with E-state index in [2.05, 4.69) is 20.4 Å². The van der Waals surface area contributed by atoms with Crippen LogP contribution in [0, 0.1) is 0 Å². The molecule has 0 saturated carbocycles. The summed E-state index contributed by atoms with van der Waals surface area (Å²) in [5, 5.41) is 5.54. The van der Waals surface area contributed by atoms with E-state index in [1.54, 1.807) is 36.4 Å². The lowest BCUT2D eigenvalue weighted by Crippen LogP contribution is -2.13. The Balaban J connectivity index is 2.01. The minimum Gasteiger partial charge on any atom is -0.453 e. The molecule has 2 aromatic rings. The van der Waals surface area contributed by atoms with Crippen LogP contribution in [-0.4, -0.2) is 24.1 Å². The Morgan fingerprint density at radius 3 is 2.19 bits per heavy atom. The predicted molar refractivity (Wildman–Crippen MR) is 79.7 cm³/mol. The molecule has 1 aromatic heterocycles. The number of hydrogen-bond donors (Lipinski definition) is 2. The fourth-order valence-corrected chi connectivity index (χ4v) is 1.63. The standard InChI is InChI=1S/C14H12ClN3O3/c1-21-14(20)18-11-5-3-10(4-6-11)17-13(19)9-2-7-12(15)16-8-9/h2-8H,1H3,(H,17,19)(H,18,20). The van der Waals surface area contributed by atoms with Crippen LogP contribution < -0.4 is 10.6 Å². The van der Waals surface area contributed by atoms with Gasteiger partial charge in [0.1, 0.15) is 5.15 Å². The first-order valence-corrected chi connectivity index (χ1v) is 6.34. The number of aromatic nitrogens is 1. The molecule has 2 amide bonds. The molecule has 21 heavy (non-hydrogen) atoms. The lowest BCUT2D eigenvalue weighted by atomic mass is 10.2. The van der Waals surface area contributed by atoms with E-state index in [4.69, 9.17) is 11.6 Å². The van der Waals surface area contributed by atoms with Crippen molar-refractivity contribution in [3.63, 3.8) is 0 Å². The summed E-state index contributed by atoms with van der Waals surface area (Å²) in [6.45, 7) is 0. The second kappa shape index (κ2) is 6.71. The van der Waals surface area contributed by atoms with Gasteiger partial charge >= 0.3 is 6.09 Å². The number of nitrogens with one attached hydrogen (secondary N) is 2. The zero-order valence-corrected chi connectivity index (χ0v) is 11.8. The van der Waals surface area contributed by atoms with E-state index in [0.29, 0.717) is 22.1 Å². The van der Waals surface area contributed by atoms with Gasteiger partial charge < -0.3 is 10.1 Å². The van der Waals surface area contributed by atoms with Gasteiger partial charge in [0, 0.05) is 17.6 Å². The van der Waals surface area contributed by atoms with E-state index in [1.807, 2.05) is 0 Å². The Morgan fingerprint density at radius 2 is 1.67 bits per heavy atom. The van der Waals surface area contributed by atoms with Crippen LogP contribution in [0.2, 0.25) is 5.15 Å². The van der Waals surface area contributed by atoms with E-state index in [9.17, 15) is 9.59 Å². The molecule has 2 rings (SSSR count). The summed E-state index contributed by atoms with van der Waals surface area (Å²) in [6, 6.07) is 9.73. The monoisotopic (exact) mass is 305 g/mol. The molecule has 0 radical (unpaired) electrons. The van der Waals surface area contributed by atoms with E-state index >= 15 is 0 Å². The highest BCUT2D eigenvalue weighted by atomic mass is 35.5. The smallest absolute Gasteiger partial charge is 0.411 e. The van der Waals surface area contributed by atoms with E-state index < -0.39 is 6.09 Å². The number of amides is 2. The van der Waals surface area contributed by atoms with Crippen LogP contribution in [0.25, 0.3) is 0 Å². The minimum atomic E-state index is -0.556. The summed E-state index contributed by atoms with van der Waals surface area (Å²) in [4.78, 5) is 26.8. The van der Waals surface area contributed by atoms with Gasteiger partial charge in [-0.25, -0.2) is 9.78 Å². The maximum absolute atomic E-state index is 12.0. The van der Waals surface area contributed by atoms with Crippen LogP contribution in [0.15, 0.2) is 42.6 Å². The molecular formula is C14H12ClN3O3. The van der Waals surface area contributed by atoms with Gasteiger partial charge in [-0.3, -0.25) is 10.1 Å². The number of ether oxygens (including phenoxy) is 1. The second-order valence-electron chi connectivity index (χ2n) is 4.02. The van der Waals surface area contributed by atoms with Crippen LogP contribution in [0.3, 0.4) is 0 Å². The molecule has 0 fully saturated rings. The first-order chi connectivity index (χ1) is 10.1. The van der Waals surface area contributed by atoms with Crippen molar-refractivity contribution in [3.05, 3.63) is 53.3 Å². The Hall–Kier alpha value is -2.60. The first kappa shape index (κ1) is 14.8. The minimum absolute atomic E-state index is 0.298. The van der Waals surface area contributed by atoms with E-state index in [-0.39, 0.29) is 5.91 Å². The predicted octanol–water partition coefficient (Wildman–Crippen LogP) is 3.17. The van der Waals surface area contributed by atoms with Crippen molar-refractivity contribution in [2.45, 2.75) is 0 Å². The van der Waals surface area contributed by atoms with E-state index in [1.165, 1.54) is 13.3 Å². The van der Waals surface area contributed by atoms with Crippen LogP contribution in [0.4, 0.5) is 16.2 Å². The molecule has 1 aromatic carbocycles. The molecule has 0 aliphatic rings. The molecule has 0 atom stereocenters. The van der Waals surface area contributed by atoms with Gasteiger partial charge in [0.05, 0.1) is 12.7 Å². The van der Waals surface area contributed by atoms with E-state index in [0.717, 1.165) is 0 Å². The summed E-state index contributed by atoms with van der Waals surface area (Å²) >= 11 is 5.66. The van der Waals surface area contributed by atoms with Crippen molar-refractivity contribution >= 4 is 35.0 Å². The van der Waals surface area contributed by atoms with Gasteiger partial charge in [0.15, 0.2) is 0 Å². The van der Waals surface area contributed by atoms with Gasteiger partial charge in [0.25, 0.3) is 5.91 Å². The zero-order chi connectivity index (χ0) is 15.2. The summed E-state index contributed by atoms with van der Waals surface area (Å²) in [5.74, 6) is -0.298. The Labute approximate surface area is 126 Å². The fourth-order valence-electron chi connectivity index (χ4n) is 1.52. The molecule has 0 bridgehead atoms. The number of benzene rings is 1. The maximum atomic E-state index is 12.0. The van der Waals surface area contributed by atoms with Crippen molar-refractivity contribution in [2.24, 2.45) is 0 Å². The van der Waals surface area contributed by atoms with Crippen molar-refractivity contribution in [3.8, 4) is 0 Å². The lowest BCUT2D eigenvalue weighted by molar-refractivity contribution is 0.102. The number of methoxy groups -OCH3 is 1. The summed E-state index contributed by atoms with van der Waals surface area (Å²) in [7, 11) is 1.28. The SMILES string of the molecule is COC(=O)Nc1ccc(NC(=O)c2ccc(Cl)nc2)cc1. The summed E-state index contributed by atoms with van der Waals surface area (Å²) in [5.41, 5.74) is 1.55. The van der Waals surface area contributed by atoms with Crippen molar-refractivity contribution in [1.29, 1.82) is 0 Å². The number of hydrogen-bond acceptors (Lipinski definition) is 4. The van der Waals surface area contributed by atoms with Gasteiger partial charge in [0.2, 0.25) is 0 Å². The van der Waals surface area contributed by atoms with Crippen LogP contribution in [0.5, 0.6) is 0 Å². The normalized spacial score (nSPS) is 9.81. The molecule has 0 aliphatic carbocycles. The van der Waals surface area contributed by atoms with Crippen LogP contribution in [0.1, 0.15) is 10.4 Å². The third kappa shape index (κ3) is 4.19. The van der Waals surface area contributed by atoms with Crippen molar-refractivity contribution in [1.82, 2.24) is 4.98 Å². The molecule has 0 spiro atoms. The maximum Gasteiger partial charge on any atom is 0.411 e. The highest BCUT2D eigenvalue weighted by molar-refractivity contribution is 6.29. The van der Waals surface area contributed by atoms with Gasteiger partial charge in [-0.05, 0) is 36.4 Å². The third-order valence-corrected chi connectivity index (χ3v) is 2.79. The lowest BCUT2D eigenvalue weighted by Gasteiger charge is -2.07. The largest absolute Gasteiger partial charge is 0.453 e. The molecule has 6 nitrogen and oxygen atoms in total. The Morgan fingerprint density at radius 1 is 1.05 bits per heavy atom. The number of rotatable bonds is 3. The fraction of sp³-hybridized carbons (Fsp3) is 0.0714. The molecule has 7 heteroatoms. The number of anilines is 2. The second-order valence-corrected chi connectivity index (χ2v) is 4.40. The summed E-state index contributed by atoms with van der Waals surface area (Å²) in [6.07, 6.45) is 0.837. The van der Waals surface area contributed by atoms with Gasteiger partial charge in [-0.1, -0.05) is 11.6 Å². The Bertz CT molecular complexity index is 642. The number of halogens is 1. The van der Waals surface area contributed by atoms with Crippen LogP contribution in [-0.2, 0) is 4.74 Å². The van der Waals surface area contributed by atoms with Crippen molar-refractivity contribution in [2.75, 3.05) is 17.7 Å². The average Bonchev–Trinajstić information content (AvgIpc) is 2.49. The average molecular weight is 306 g/mol. The van der Waals surface area contributed by atoms with Gasteiger partial charge in [-0.15, -0.1) is 0 Å². The number of nitrogens with zero attached hydrogens (tertiary/aromatic N) is 1. The topological polar surface area (TPSA) is 80.3 Å². The molecule has 0 saturated heterocycles. The first-order valence-electron chi connectivity index (χ1n) is 5.96. The molecule has 2 N–H and O–H groups in total. The molecule has 1 heterocycles. The van der Waals surface area contributed by atoms with Crippen LogP contribution >= 0.6 is 11.6 Å². The molecule has 108 valence electrons. The highest BCUT2D eigenvalue weighted by Crippen LogP contribution is 2.15.